The molecule has 37 heavy (non-hydrogen) atoms. The van der Waals surface area contributed by atoms with Crippen molar-refractivity contribution in [2.75, 3.05) is 17.3 Å². The van der Waals surface area contributed by atoms with Gasteiger partial charge in [-0.1, -0.05) is 18.2 Å². The number of benzene rings is 2. The van der Waals surface area contributed by atoms with Gasteiger partial charge in [-0.25, -0.2) is 4.79 Å². The molecule has 8 nitrogen and oxygen atoms in total. The van der Waals surface area contributed by atoms with Crippen molar-refractivity contribution in [2.45, 2.75) is 19.0 Å². The van der Waals surface area contributed by atoms with Gasteiger partial charge in [-0.15, -0.1) is 0 Å². The number of thiocarbonyl (C=S) groups is 1. The number of nitrogens with one attached hydrogen (secondary N) is 2. The molecule has 1 saturated heterocycles. The summed E-state index contributed by atoms with van der Waals surface area (Å²) in [5.74, 6) is 0.823. The first-order valence-corrected chi connectivity index (χ1v) is 12.0. The number of carbonyl (C=O) groups is 2. The van der Waals surface area contributed by atoms with E-state index in [9.17, 15) is 9.59 Å². The minimum atomic E-state index is -0.393. The molecule has 0 bridgehead atoms. The molecule has 4 aromatic rings. The molecular formula is C28H24N4O4S. The van der Waals surface area contributed by atoms with Crippen LogP contribution in [0.2, 0.25) is 0 Å². The highest BCUT2D eigenvalue weighted by molar-refractivity contribution is 7.80. The van der Waals surface area contributed by atoms with Crippen LogP contribution in [-0.4, -0.2) is 29.1 Å². The number of methoxy groups -OCH3 is 1. The molecule has 3 heterocycles. The van der Waals surface area contributed by atoms with Crippen molar-refractivity contribution in [1.29, 1.82) is 0 Å². The van der Waals surface area contributed by atoms with Crippen molar-refractivity contribution in [1.82, 2.24) is 10.3 Å². The second-order valence-electron chi connectivity index (χ2n) is 8.50. The fourth-order valence-corrected chi connectivity index (χ4v) is 4.73. The molecule has 0 saturated carbocycles. The minimum Gasteiger partial charge on any atom is -0.465 e. The van der Waals surface area contributed by atoms with E-state index >= 15 is 0 Å². The molecule has 2 aromatic heterocycles. The number of nitrogens with zero attached hydrogens (tertiary/aromatic N) is 2. The molecule has 2 atom stereocenters. The number of carbonyl (C=O) groups excluding carboxylic acids is 2. The maximum absolute atomic E-state index is 11.8. The average Bonchev–Trinajstić information content (AvgIpc) is 3.54. The fourth-order valence-electron chi connectivity index (χ4n) is 4.39. The van der Waals surface area contributed by atoms with Gasteiger partial charge in [-0.2, -0.15) is 0 Å². The van der Waals surface area contributed by atoms with E-state index in [2.05, 4.69) is 15.6 Å². The van der Waals surface area contributed by atoms with E-state index in [0.29, 0.717) is 27.9 Å². The first-order chi connectivity index (χ1) is 17.9. The van der Waals surface area contributed by atoms with Gasteiger partial charge in [0, 0.05) is 30.1 Å². The highest BCUT2D eigenvalue weighted by atomic mass is 32.1. The number of hydrogen-bond donors (Lipinski definition) is 2. The summed E-state index contributed by atoms with van der Waals surface area (Å²) in [4.78, 5) is 29.8. The summed E-state index contributed by atoms with van der Waals surface area (Å²) in [6, 6.07) is 23.5. The lowest BCUT2D eigenvalue weighted by molar-refractivity contribution is -0.114. The maximum Gasteiger partial charge on any atom is 0.337 e. The third-order valence-corrected chi connectivity index (χ3v) is 6.39. The summed E-state index contributed by atoms with van der Waals surface area (Å²) in [6.07, 6.45) is 1.75. The summed E-state index contributed by atoms with van der Waals surface area (Å²) in [6.45, 7) is 1.47. The Labute approximate surface area is 219 Å². The molecule has 5 rings (SSSR count). The van der Waals surface area contributed by atoms with Gasteiger partial charge in [0.2, 0.25) is 5.91 Å². The van der Waals surface area contributed by atoms with Crippen LogP contribution in [-0.2, 0) is 9.53 Å². The first kappa shape index (κ1) is 24.2. The second kappa shape index (κ2) is 10.2. The van der Waals surface area contributed by atoms with Crippen molar-refractivity contribution in [3.63, 3.8) is 0 Å². The zero-order chi connectivity index (χ0) is 25.9. The third kappa shape index (κ3) is 4.94. The summed E-state index contributed by atoms with van der Waals surface area (Å²) in [5, 5.41) is 6.72. The number of amides is 1. The van der Waals surface area contributed by atoms with Gasteiger partial charge in [-0.3, -0.25) is 9.78 Å². The Bertz CT molecular complexity index is 1440. The van der Waals surface area contributed by atoms with Crippen molar-refractivity contribution in [3.8, 4) is 11.3 Å². The number of hydrogen-bond acceptors (Lipinski definition) is 6. The van der Waals surface area contributed by atoms with Gasteiger partial charge < -0.3 is 24.7 Å². The molecule has 1 aliphatic rings. The molecule has 2 N–H and O–H groups in total. The Kier molecular flexibility index (Phi) is 6.70. The lowest BCUT2D eigenvalue weighted by Crippen LogP contribution is -2.29. The molecule has 0 radical (unpaired) electrons. The van der Waals surface area contributed by atoms with Gasteiger partial charge in [0.1, 0.15) is 17.6 Å². The number of ether oxygens (including phenoxy) is 1. The van der Waals surface area contributed by atoms with E-state index in [1.807, 2.05) is 71.6 Å². The van der Waals surface area contributed by atoms with E-state index < -0.39 is 5.97 Å². The number of pyridine rings is 1. The maximum atomic E-state index is 11.8. The summed E-state index contributed by atoms with van der Waals surface area (Å²) in [5.41, 5.74) is 3.66. The topological polar surface area (TPSA) is 96.7 Å². The Balaban J connectivity index is 1.51. The quantitative estimate of drug-likeness (QED) is 0.267. The predicted octanol–water partition coefficient (Wildman–Crippen LogP) is 5.26. The fraction of sp³-hybridized carbons (Fsp3) is 0.143. The highest BCUT2D eigenvalue weighted by Gasteiger charge is 2.42. The normalized spacial score (nSPS) is 16.8. The molecule has 0 aliphatic carbocycles. The number of anilines is 2. The van der Waals surface area contributed by atoms with Gasteiger partial charge in [0.15, 0.2) is 5.11 Å². The standard InChI is InChI=1S/C28H24N4O4S/c1-17(33)30-20-10-12-21(13-11-20)32-26(25(31-28(32)37)22-5-3-4-16-29-22)24-15-14-23(36-24)18-6-8-19(9-7-18)27(34)35-2/h3-16,25-26H,1-2H3,(H,30,33)(H,31,37)/t25-,26-/m0/s1. The van der Waals surface area contributed by atoms with Crippen LogP contribution in [0.25, 0.3) is 11.3 Å². The van der Waals surface area contributed by atoms with Crippen molar-refractivity contribution < 1.29 is 18.7 Å². The largest absolute Gasteiger partial charge is 0.465 e. The van der Waals surface area contributed by atoms with Crippen LogP contribution in [0.5, 0.6) is 0 Å². The smallest absolute Gasteiger partial charge is 0.337 e. The molecule has 1 aliphatic heterocycles. The van der Waals surface area contributed by atoms with Crippen molar-refractivity contribution in [3.05, 3.63) is 102 Å². The van der Waals surface area contributed by atoms with Crippen molar-refractivity contribution >= 4 is 40.6 Å². The Morgan fingerprint density at radius 3 is 2.43 bits per heavy atom. The van der Waals surface area contributed by atoms with Crippen LogP contribution in [0.1, 0.15) is 40.8 Å². The van der Waals surface area contributed by atoms with Crippen LogP contribution >= 0.6 is 12.2 Å². The Morgan fingerprint density at radius 2 is 1.78 bits per heavy atom. The van der Waals surface area contributed by atoms with E-state index in [-0.39, 0.29) is 18.0 Å². The molecule has 1 fully saturated rings. The van der Waals surface area contributed by atoms with Crippen LogP contribution in [0.3, 0.4) is 0 Å². The highest BCUT2D eigenvalue weighted by Crippen LogP contribution is 2.43. The molecule has 0 unspecified atom stereocenters. The second-order valence-corrected chi connectivity index (χ2v) is 8.88. The van der Waals surface area contributed by atoms with Gasteiger partial charge in [0.25, 0.3) is 0 Å². The molecule has 9 heteroatoms. The van der Waals surface area contributed by atoms with Crippen LogP contribution in [0.4, 0.5) is 11.4 Å². The van der Waals surface area contributed by atoms with E-state index in [0.717, 1.165) is 16.9 Å². The average molecular weight is 513 g/mol. The van der Waals surface area contributed by atoms with Crippen LogP contribution in [0.15, 0.2) is 89.5 Å². The molecule has 0 spiro atoms. The summed E-state index contributed by atoms with van der Waals surface area (Å²) >= 11 is 5.76. The SMILES string of the molecule is COC(=O)c1ccc(-c2ccc([C@H]3[C@H](c4ccccn4)NC(=S)N3c3ccc(NC(C)=O)cc3)o2)cc1. The monoisotopic (exact) mass is 512 g/mol. The molecule has 2 aromatic carbocycles. The number of esters is 1. The van der Waals surface area contributed by atoms with Gasteiger partial charge in [0.05, 0.1) is 24.4 Å². The predicted molar refractivity (Wildman–Crippen MR) is 144 cm³/mol. The Hall–Kier alpha value is -4.50. The van der Waals surface area contributed by atoms with Crippen LogP contribution < -0.4 is 15.5 Å². The Morgan fingerprint density at radius 1 is 1.03 bits per heavy atom. The number of aromatic nitrogens is 1. The van der Waals surface area contributed by atoms with Gasteiger partial charge >= 0.3 is 5.97 Å². The van der Waals surface area contributed by atoms with E-state index in [1.54, 1.807) is 18.3 Å². The lowest BCUT2D eigenvalue weighted by atomic mass is 10.0. The van der Waals surface area contributed by atoms with Crippen molar-refractivity contribution in [2.24, 2.45) is 0 Å². The molecule has 186 valence electrons. The molecule has 1 amide bonds. The van der Waals surface area contributed by atoms with E-state index in [1.165, 1.54) is 14.0 Å². The summed E-state index contributed by atoms with van der Waals surface area (Å²) in [7, 11) is 1.35. The van der Waals surface area contributed by atoms with Gasteiger partial charge in [-0.05, 0) is 72.9 Å². The zero-order valence-electron chi connectivity index (χ0n) is 20.2. The zero-order valence-corrected chi connectivity index (χ0v) is 21.0. The minimum absolute atomic E-state index is 0.137. The molecular weight excluding hydrogens is 488 g/mol. The first-order valence-electron chi connectivity index (χ1n) is 11.6. The lowest BCUT2D eigenvalue weighted by Gasteiger charge is -2.26. The summed E-state index contributed by atoms with van der Waals surface area (Å²) < 4.78 is 11.2. The number of furan rings is 1. The van der Waals surface area contributed by atoms with Crippen LogP contribution in [0, 0.1) is 0 Å². The van der Waals surface area contributed by atoms with E-state index in [4.69, 9.17) is 21.4 Å². The number of rotatable bonds is 6. The third-order valence-electron chi connectivity index (χ3n) is 6.07.